The topological polar surface area (TPSA) is 80.9 Å². The van der Waals surface area contributed by atoms with Crippen LogP contribution in [-0.4, -0.2) is 44.8 Å². The normalized spacial score (nSPS) is 17.2. The van der Waals surface area contributed by atoms with Crippen molar-refractivity contribution in [2.45, 2.75) is 115 Å². The van der Waals surface area contributed by atoms with Gasteiger partial charge in [0.2, 0.25) is 0 Å². The van der Waals surface area contributed by atoms with E-state index in [0.29, 0.717) is 0 Å². The van der Waals surface area contributed by atoms with Crippen molar-refractivity contribution in [1.82, 2.24) is 0 Å². The quantitative estimate of drug-likeness (QED) is 0.350. The number of aliphatic hydroxyl groups is 4. The van der Waals surface area contributed by atoms with E-state index in [1.54, 1.807) is 13.8 Å². The molecule has 4 nitrogen and oxygen atoms in total. The molecule has 4 atom stereocenters. The Kier molecular flexibility index (Phi) is 14.3. The van der Waals surface area contributed by atoms with E-state index in [-0.39, 0.29) is 24.4 Å². The van der Waals surface area contributed by atoms with E-state index in [4.69, 9.17) is 10.2 Å². The summed E-state index contributed by atoms with van der Waals surface area (Å²) in [5, 5.41) is 38.0. The van der Waals surface area contributed by atoms with Crippen LogP contribution in [0.3, 0.4) is 0 Å². The minimum atomic E-state index is -0.239. The van der Waals surface area contributed by atoms with E-state index in [1.807, 2.05) is 0 Å². The maximum Gasteiger partial charge on any atom is 0.0540 e. The fourth-order valence-electron chi connectivity index (χ4n) is 2.69. The molecule has 0 amide bonds. The average Bonchev–Trinajstić information content (AvgIpc) is 2.44. The maximum atomic E-state index is 9.86. The second-order valence-corrected chi connectivity index (χ2v) is 6.86. The third kappa shape index (κ3) is 16.2. The Balaban J connectivity index is 3.35. The number of aliphatic hydroxyl groups excluding tert-OH is 4. The minimum Gasteiger partial charge on any atom is -0.393 e. The monoisotopic (exact) mass is 318 g/mol. The summed E-state index contributed by atoms with van der Waals surface area (Å²) < 4.78 is 0. The van der Waals surface area contributed by atoms with E-state index >= 15 is 0 Å². The first kappa shape index (κ1) is 21.8. The van der Waals surface area contributed by atoms with Gasteiger partial charge in [-0.05, 0) is 52.4 Å². The lowest BCUT2D eigenvalue weighted by atomic mass is 10.0. The molecule has 0 aliphatic heterocycles. The van der Waals surface area contributed by atoms with Gasteiger partial charge in [-0.25, -0.2) is 0 Å². The van der Waals surface area contributed by atoms with Crippen LogP contribution in [0.15, 0.2) is 0 Å². The van der Waals surface area contributed by atoms with Crippen molar-refractivity contribution >= 4 is 0 Å². The van der Waals surface area contributed by atoms with Crippen LogP contribution in [0.1, 0.15) is 90.9 Å². The van der Waals surface area contributed by atoms with Gasteiger partial charge in [-0.3, -0.25) is 0 Å². The molecule has 0 saturated heterocycles. The molecule has 0 heterocycles. The predicted molar refractivity (Wildman–Crippen MR) is 90.8 cm³/mol. The molecule has 0 spiro atoms. The van der Waals surface area contributed by atoms with Gasteiger partial charge < -0.3 is 20.4 Å². The first-order valence-electron chi connectivity index (χ1n) is 9.14. The molecular weight excluding hydrogens is 280 g/mol. The Labute approximate surface area is 136 Å². The summed E-state index contributed by atoms with van der Waals surface area (Å²) in [5.41, 5.74) is 0. The van der Waals surface area contributed by atoms with Gasteiger partial charge in [-0.15, -0.1) is 0 Å². The molecule has 0 bridgehead atoms. The zero-order chi connectivity index (χ0) is 16.8. The van der Waals surface area contributed by atoms with Crippen molar-refractivity contribution in [2.75, 3.05) is 0 Å². The third-order valence-electron chi connectivity index (χ3n) is 4.14. The highest BCUT2D eigenvalue weighted by atomic mass is 16.3. The molecule has 4 N–H and O–H groups in total. The largest absolute Gasteiger partial charge is 0.393 e. The zero-order valence-electron chi connectivity index (χ0n) is 14.6. The Bertz CT molecular complexity index is 207. The first-order valence-corrected chi connectivity index (χ1v) is 9.14. The summed E-state index contributed by atoms with van der Waals surface area (Å²) in [6.07, 6.45) is 9.73. The standard InChI is InChI=1S/C18H38O4/c1-15(19)9-3-5-11-17(21)13-7-8-14-18(22)12-6-4-10-16(2)20/h15-22H,3-14H2,1-2H3. The maximum absolute atomic E-state index is 9.86. The van der Waals surface area contributed by atoms with Crippen molar-refractivity contribution in [3.63, 3.8) is 0 Å². The van der Waals surface area contributed by atoms with Gasteiger partial charge in [-0.1, -0.05) is 38.5 Å². The molecule has 0 radical (unpaired) electrons. The van der Waals surface area contributed by atoms with Crippen LogP contribution in [0.2, 0.25) is 0 Å². The highest BCUT2D eigenvalue weighted by Crippen LogP contribution is 2.14. The molecule has 0 saturated carbocycles. The number of rotatable bonds is 15. The lowest BCUT2D eigenvalue weighted by molar-refractivity contribution is 0.128. The SMILES string of the molecule is CC(O)CCCCC(O)CCCCC(O)CCCCC(C)O. The molecule has 0 rings (SSSR count). The molecule has 0 aliphatic rings. The molecule has 0 aliphatic carbocycles. The van der Waals surface area contributed by atoms with Crippen molar-refractivity contribution < 1.29 is 20.4 Å². The molecule has 0 aromatic carbocycles. The van der Waals surface area contributed by atoms with Crippen LogP contribution < -0.4 is 0 Å². The van der Waals surface area contributed by atoms with E-state index in [0.717, 1.165) is 77.0 Å². The average molecular weight is 318 g/mol. The van der Waals surface area contributed by atoms with Gasteiger partial charge in [0.1, 0.15) is 0 Å². The summed E-state index contributed by atoms with van der Waals surface area (Å²) in [4.78, 5) is 0. The molecule has 22 heavy (non-hydrogen) atoms. The van der Waals surface area contributed by atoms with Gasteiger partial charge in [0.05, 0.1) is 24.4 Å². The van der Waals surface area contributed by atoms with Gasteiger partial charge >= 0.3 is 0 Å². The van der Waals surface area contributed by atoms with Crippen LogP contribution in [0.4, 0.5) is 0 Å². The van der Waals surface area contributed by atoms with Crippen LogP contribution in [0.25, 0.3) is 0 Å². The Morgan fingerprint density at radius 1 is 0.455 bits per heavy atom. The summed E-state index contributed by atoms with van der Waals surface area (Å²) in [7, 11) is 0. The smallest absolute Gasteiger partial charge is 0.0540 e. The molecule has 0 aromatic rings. The van der Waals surface area contributed by atoms with E-state index < -0.39 is 0 Å². The van der Waals surface area contributed by atoms with Crippen LogP contribution >= 0.6 is 0 Å². The highest BCUT2D eigenvalue weighted by molar-refractivity contribution is 4.61. The van der Waals surface area contributed by atoms with Crippen molar-refractivity contribution in [2.24, 2.45) is 0 Å². The lowest BCUT2D eigenvalue weighted by Gasteiger charge is -2.13. The lowest BCUT2D eigenvalue weighted by Crippen LogP contribution is -2.09. The Morgan fingerprint density at radius 3 is 0.909 bits per heavy atom. The molecule has 0 aromatic heterocycles. The van der Waals surface area contributed by atoms with Crippen molar-refractivity contribution in [3.8, 4) is 0 Å². The van der Waals surface area contributed by atoms with Gasteiger partial charge in [-0.2, -0.15) is 0 Å². The molecule has 0 fully saturated rings. The fraction of sp³-hybridized carbons (Fsp3) is 1.00. The summed E-state index contributed by atoms with van der Waals surface area (Å²) in [6.45, 7) is 3.60. The highest BCUT2D eigenvalue weighted by Gasteiger charge is 2.07. The minimum absolute atomic E-state index is 0.237. The number of hydrogen-bond acceptors (Lipinski definition) is 4. The number of unbranched alkanes of at least 4 members (excludes halogenated alkanes) is 3. The van der Waals surface area contributed by atoms with Crippen molar-refractivity contribution in [1.29, 1.82) is 0 Å². The van der Waals surface area contributed by atoms with E-state index in [2.05, 4.69) is 0 Å². The third-order valence-corrected chi connectivity index (χ3v) is 4.14. The molecule has 134 valence electrons. The fourth-order valence-corrected chi connectivity index (χ4v) is 2.69. The Morgan fingerprint density at radius 2 is 0.682 bits per heavy atom. The zero-order valence-corrected chi connectivity index (χ0v) is 14.6. The van der Waals surface area contributed by atoms with Crippen molar-refractivity contribution in [3.05, 3.63) is 0 Å². The second-order valence-electron chi connectivity index (χ2n) is 6.86. The summed E-state index contributed by atoms with van der Waals surface area (Å²) in [6, 6.07) is 0. The molecule has 4 unspecified atom stereocenters. The van der Waals surface area contributed by atoms with Crippen LogP contribution in [-0.2, 0) is 0 Å². The Hall–Kier alpha value is -0.160. The predicted octanol–water partition coefficient (Wildman–Crippen LogP) is 3.15. The second kappa shape index (κ2) is 14.4. The first-order chi connectivity index (χ1) is 10.4. The summed E-state index contributed by atoms with van der Waals surface area (Å²) in [5.74, 6) is 0. The van der Waals surface area contributed by atoms with Gasteiger partial charge in [0.25, 0.3) is 0 Å². The molecular formula is C18H38O4. The molecule has 4 heteroatoms. The number of hydrogen-bond donors (Lipinski definition) is 4. The van der Waals surface area contributed by atoms with Crippen LogP contribution in [0.5, 0.6) is 0 Å². The van der Waals surface area contributed by atoms with Gasteiger partial charge in [0, 0.05) is 0 Å². The summed E-state index contributed by atoms with van der Waals surface area (Å²) >= 11 is 0. The van der Waals surface area contributed by atoms with Crippen LogP contribution in [0, 0.1) is 0 Å². The van der Waals surface area contributed by atoms with E-state index in [1.165, 1.54) is 0 Å². The van der Waals surface area contributed by atoms with Gasteiger partial charge in [0.15, 0.2) is 0 Å². The van der Waals surface area contributed by atoms with E-state index in [9.17, 15) is 10.2 Å².